The van der Waals surface area contributed by atoms with Crippen molar-refractivity contribution >= 4 is 12.0 Å². The lowest BCUT2D eigenvalue weighted by Gasteiger charge is -2.15. The van der Waals surface area contributed by atoms with Gasteiger partial charge in [-0.05, 0) is 57.5 Å². The number of nitrogens with zero attached hydrogens (tertiary/aromatic N) is 6. The van der Waals surface area contributed by atoms with Crippen LogP contribution in [0.4, 0.5) is 10.7 Å². The quantitative estimate of drug-likeness (QED) is 0.675. The third-order valence-corrected chi connectivity index (χ3v) is 4.47. The first kappa shape index (κ1) is 18.9. The van der Waals surface area contributed by atoms with Gasteiger partial charge >= 0.3 is 6.09 Å². The Labute approximate surface area is 169 Å². The predicted octanol–water partition coefficient (Wildman–Crippen LogP) is 3.27. The second-order valence-corrected chi connectivity index (χ2v) is 7.74. The lowest BCUT2D eigenvalue weighted by atomic mass is 10.1. The van der Waals surface area contributed by atoms with Crippen LogP contribution in [0.1, 0.15) is 36.6 Å². The molecule has 0 atom stereocenters. The van der Waals surface area contributed by atoms with Gasteiger partial charge in [-0.1, -0.05) is 6.07 Å². The average molecular weight is 390 g/mol. The first-order valence-corrected chi connectivity index (χ1v) is 9.40. The molecule has 3 aromatic heterocycles. The molecule has 0 saturated carbocycles. The first-order valence-electron chi connectivity index (χ1n) is 9.40. The lowest BCUT2D eigenvalue weighted by molar-refractivity contribution is 0.0871. The van der Waals surface area contributed by atoms with Gasteiger partial charge in [0, 0.05) is 24.0 Å². The van der Waals surface area contributed by atoms with Gasteiger partial charge in [-0.3, -0.25) is 4.98 Å². The summed E-state index contributed by atoms with van der Waals surface area (Å²) in [6.45, 7) is 7.93. The van der Waals surface area contributed by atoms with Crippen molar-refractivity contribution in [2.24, 2.45) is 0 Å². The smallest absolute Gasteiger partial charge is 0.417 e. The van der Waals surface area contributed by atoms with Crippen LogP contribution in [0.15, 0.2) is 36.5 Å². The summed E-state index contributed by atoms with van der Waals surface area (Å²) in [5, 5.41) is 0. The zero-order valence-electron chi connectivity index (χ0n) is 16.9. The third kappa shape index (κ3) is 4.21. The minimum absolute atomic E-state index is 0.273. The van der Waals surface area contributed by atoms with Gasteiger partial charge in [-0.25, -0.2) is 19.7 Å². The molecule has 4 rings (SSSR count). The van der Waals surface area contributed by atoms with Crippen LogP contribution in [0.3, 0.4) is 0 Å². The van der Waals surface area contributed by atoms with Gasteiger partial charge in [-0.2, -0.15) is 9.97 Å². The Morgan fingerprint density at radius 2 is 1.90 bits per heavy atom. The van der Waals surface area contributed by atoms with Crippen LogP contribution < -0.4 is 4.90 Å². The molecule has 8 nitrogen and oxygen atoms in total. The van der Waals surface area contributed by atoms with Crippen LogP contribution >= 0.6 is 0 Å². The highest BCUT2D eigenvalue weighted by molar-refractivity contribution is 5.88. The number of rotatable bonds is 4. The zero-order chi connectivity index (χ0) is 20.6. The molecular formula is C21H22N6O2. The molecule has 1 fully saturated rings. The van der Waals surface area contributed by atoms with Gasteiger partial charge in [0.1, 0.15) is 17.1 Å². The molecule has 1 saturated heterocycles. The fraction of sp³-hybridized carbons (Fsp3) is 0.333. The third-order valence-electron chi connectivity index (χ3n) is 4.47. The number of amides is 1. The monoisotopic (exact) mass is 390 g/mol. The van der Waals surface area contributed by atoms with E-state index in [1.165, 1.54) is 4.90 Å². The maximum Gasteiger partial charge on any atom is 0.417 e. The highest BCUT2D eigenvalue weighted by atomic mass is 16.6. The number of cyclic esters (lactones) is 1. The summed E-state index contributed by atoms with van der Waals surface area (Å²) in [5.41, 5.74) is 2.84. The second kappa shape index (κ2) is 7.20. The number of aryl methyl sites for hydroxylation is 2. The summed E-state index contributed by atoms with van der Waals surface area (Å²) >= 11 is 0. The predicted molar refractivity (Wildman–Crippen MR) is 107 cm³/mol. The largest absolute Gasteiger partial charge is 0.441 e. The van der Waals surface area contributed by atoms with Crippen molar-refractivity contribution in [2.45, 2.75) is 39.7 Å². The highest BCUT2D eigenvalue weighted by Crippen LogP contribution is 2.26. The lowest BCUT2D eigenvalue weighted by Crippen LogP contribution is -2.30. The number of ether oxygens (including phenoxy) is 1. The molecule has 0 bridgehead atoms. The molecular weight excluding hydrogens is 368 g/mol. The summed E-state index contributed by atoms with van der Waals surface area (Å²) in [6.07, 6.45) is 1.79. The molecule has 1 aliphatic heterocycles. The summed E-state index contributed by atoms with van der Waals surface area (Å²) in [4.78, 5) is 36.3. The van der Waals surface area contributed by atoms with Gasteiger partial charge in [0.2, 0.25) is 5.95 Å². The number of aromatic nitrogens is 5. The van der Waals surface area contributed by atoms with Gasteiger partial charge in [0.15, 0.2) is 5.82 Å². The minimum Gasteiger partial charge on any atom is -0.441 e. The van der Waals surface area contributed by atoms with Crippen molar-refractivity contribution in [3.8, 4) is 11.5 Å². The molecule has 29 heavy (non-hydrogen) atoms. The molecule has 0 aromatic carbocycles. The zero-order valence-corrected chi connectivity index (χ0v) is 16.9. The van der Waals surface area contributed by atoms with E-state index in [1.807, 2.05) is 58.0 Å². The van der Waals surface area contributed by atoms with Crippen LogP contribution in [0, 0.1) is 13.8 Å². The molecule has 4 heterocycles. The van der Waals surface area contributed by atoms with E-state index in [2.05, 4.69) is 24.9 Å². The second-order valence-electron chi connectivity index (χ2n) is 7.74. The first-order chi connectivity index (χ1) is 13.8. The van der Waals surface area contributed by atoms with Crippen LogP contribution in [0.5, 0.6) is 0 Å². The van der Waals surface area contributed by atoms with E-state index in [0.717, 1.165) is 17.0 Å². The standard InChI is InChI=1S/C21H22N6O2/c1-13-6-5-7-16(23-13)18-24-17(11-15-8-9-22-14(2)10-15)25-19(26-18)27-12-21(3,4)29-20(27)28/h5-10H,11-12H2,1-4H3. The number of pyridine rings is 2. The summed E-state index contributed by atoms with van der Waals surface area (Å²) in [6, 6.07) is 9.57. The fourth-order valence-corrected chi connectivity index (χ4v) is 3.21. The SMILES string of the molecule is Cc1cc(Cc2nc(-c3cccc(C)n3)nc(N3CC(C)(C)OC3=O)n2)ccn1. The molecule has 8 heteroatoms. The van der Waals surface area contributed by atoms with Gasteiger partial charge in [0.25, 0.3) is 0 Å². The average Bonchev–Trinajstić information content (AvgIpc) is 2.94. The minimum atomic E-state index is -0.603. The number of hydrogen-bond donors (Lipinski definition) is 0. The summed E-state index contributed by atoms with van der Waals surface area (Å²) in [7, 11) is 0. The van der Waals surface area contributed by atoms with E-state index < -0.39 is 11.7 Å². The van der Waals surface area contributed by atoms with Crippen molar-refractivity contribution in [3.05, 3.63) is 59.3 Å². The molecule has 1 aliphatic rings. The summed E-state index contributed by atoms with van der Waals surface area (Å²) < 4.78 is 5.42. The maximum atomic E-state index is 12.4. The van der Waals surface area contributed by atoms with E-state index >= 15 is 0 Å². The Kier molecular flexibility index (Phi) is 4.70. The fourth-order valence-electron chi connectivity index (χ4n) is 3.21. The Morgan fingerprint density at radius 1 is 1.07 bits per heavy atom. The van der Waals surface area contributed by atoms with E-state index in [1.54, 1.807) is 6.20 Å². The molecule has 0 spiro atoms. The molecule has 0 N–H and O–H groups in total. The molecule has 0 radical (unpaired) electrons. The molecule has 0 aliphatic carbocycles. The Morgan fingerprint density at radius 3 is 2.59 bits per heavy atom. The van der Waals surface area contributed by atoms with Crippen molar-refractivity contribution in [1.82, 2.24) is 24.9 Å². The topological polar surface area (TPSA) is 94.0 Å². The molecule has 148 valence electrons. The van der Waals surface area contributed by atoms with Gasteiger partial charge < -0.3 is 4.74 Å². The van der Waals surface area contributed by atoms with Crippen molar-refractivity contribution in [1.29, 1.82) is 0 Å². The number of anilines is 1. The Balaban J connectivity index is 1.78. The van der Waals surface area contributed by atoms with E-state index in [4.69, 9.17) is 4.74 Å². The number of carbonyl (C=O) groups excluding carboxylic acids is 1. The van der Waals surface area contributed by atoms with Crippen LogP contribution in [0.2, 0.25) is 0 Å². The normalized spacial score (nSPS) is 15.4. The molecule has 0 unspecified atom stereocenters. The molecule has 1 amide bonds. The van der Waals surface area contributed by atoms with Gasteiger partial charge in [0.05, 0.1) is 6.54 Å². The Bertz CT molecular complexity index is 1080. The van der Waals surface area contributed by atoms with E-state index in [-0.39, 0.29) is 5.95 Å². The van der Waals surface area contributed by atoms with Crippen LogP contribution in [-0.4, -0.2) is 43.2 Å². The van der Waals surface area contributed by atoms with Crippen LogP contribution in [0.25, 0.3) is 11.5 Å². The van der Waals surface area contributed by atoms with E-state index in [0.29, 0.717) is 30.3 Å². The van der Waals surface area contributed by atoms with Crippen molar-refractivity contribution < 1.29 is 9.53 Å². The number of carbonyl (C=O) groups is 1. The number of hydrogen-bond acceptors (Lipinski definition) is 7. The maximum absolute atomic E-state index is 12.4. The highest BCUT2D eigenvalue weighted by Gasteiger charge is 2.40. The van der Waals surface area contributed by atoms with Crippen molar-refractivity contribution in [2.75, 3.05) is 11.4 Å². The van der Waals surface area contributed by atoms with Crippen molar-refractivity contribution in [3.63, 3.8) is 0 Å². The van der Waals surface area contributed by atoms with Gasteiger partial charge in [-0.15, -0.1) is 0 Å². The Hall–Kier alpha value is -3.42. The molecule has 3 aromatic rings. The van der Waals surface area contributed by atoms with Crippen LogP contribution in [-0.2, 0) is 11.2 Å². The summed E-state index contributed by atoms with van der Waals surface area (Å²) in [5.74, 6) is 1.25. The van der Waals surface area contributed by atoms with E-state index in [9.17, 15) is 4.79 Å².